The van der Waals surface area contributed by atoms with Gasteiger partial charge in [0.05, 0.1) is 5.92 Å². The molecule has 4 rings (SSSR count). The van der Waals surface area contributed by atoms with E-state index >= 15 is 0 Å². The van der Waals surface area contributed by atoms with Gasteiger partial charge in [0.1, 0.15) is 5.82 Å². The zero-order valence-corrected chi connectivity index (χ0v) is 15.0. The van der Waals surface area contributed by atoms with Gasteiger partial charge in [-0.25, -0.2) is 4.39 Å². The molecule has 0 saturated carbocycles. The second kappa shape index (κ2) is 7.58. The summed E-state index contributed by atoms with van der Waals surface area (Å²) in [5, 5.41) is 0. The first-order chi connectivity index (χ1) is 12.7. The van der Waals surface area contributed by atoms with Gasteiger partial charge < -0.3 is 4.90 Å². The lowest BCUT2D eigenvalue weighted by atomic mass is 9.93. The number of amides is 1. The molecular weight excluding hydrogens is 327 g/mol. The molecule has 2 aromatic carbocycles. The summed E-state index contributed by atoms with van der Waals surface area (Å²) in [6.07, 6.45) is 4.08. The Bertz CT molecular complexity index is 774. The van der Waals surface area contributed by atoms with Gasteiger partial charge in [0, 0.05) is 25.3 Å². The van der Waals surface area contributed by atoms with Gasteiger partial charge in [-0.1, -0.05) is 30.3 Å². The number of fused-ring (bicyclic) bond motifs is 1. The molecule has 0 aliphatic carbocycles. The van der Waals surface area contributed by atoms with Gasteiger partial charge in [0.15, 0.2) is 0 Å². The zero-order chi connectivity index (χ0) is 17.9. The first-order valence-corrected chi connectivity index (χ1v) is 9.57. The molecule has 1 saturated heterocycles. The lowest BCUT2D eigenvalue weighted by molar-refractivity contribution is -0.124. The van der Waals surface area contributed by atoms with Crippen molar-refractivity contribution < 1.29 is 9.18 Å². The average molecular weight is 352 g/mol. The molecule has 0 bridgehead atoms. The molecule has 0 spiro atoms. The molecule has 0 aromatic heterocycles. The second-order valence-electron chi connectivity index (χ2n) is 7.42. The molecule has 2 heterocycles. The summed E-state index contributed by atoms with van der Waals surface area (Å²) in [4.78, 5) is 17.5. The van der Waals surface area contributed by atoms with Crippen LogP contribution in [0, 0.1) is 11.7 Å². The van der Waals surface area contributed by atoms with Gasteiger partial charge in [-0.05, 0) is 61.6 Å². The number of hydrogen-bond acceptors (Lipinski definition) is 2. The minimum Gasteiger partial charge on any atom is -0.312 e. The molecule has 0 N–H and O–H groups in total. The third kappa shape index (κ3) is 3.65. The molecule has 4 heteroatoms. The van der Waals surface area contributed by atoms with Crippen LogP contribution in [-0.4, -0.2) is 30.4 Å². The number of piperidine rings is 1. The summed E-state index contributed by atoms with van der Waals surface area (Å²) in [5.74, 6) is 0.112. The summed E-state index contributed by atoms with van der Waals surface area (Å²) in [7, 11) is 0. The van der Waals surface area contributed by atoms with Crippen molar-refractivity contribution in [2.45, 2.75) is 32.2 Å². The van der Waals surface area contributed by atoms with Gasteiger partial charge in [0.25, 0.3) is 0 Å². The quantitative estimate of drug-likeness (QED) is 0.833. The van der Waals surface area contributed by atoms with Gasteiger partial charge in [-0.2, -0.15) is 0 Å². The maximum Gasteiger partial charge on any atom is 0.231 e. The van der Waals surface area contributed by atoms with Gasteiger partial charge >= 0.3 is 0 Å². The highest BCUT2D eigenvalue weighted by Crippen LogP contribution is 2.30. The fraction of sp³-hybridized carbons (Fsp3) is 0.409. The molecule has 0 unspecified atom stereocenters. The van der Waals surface area contributed by atoms with Gasteiger partial charge in [-0.15, -0.1) is 0 Å². The predicted octanol–water partition coefficient (Wildman–Crippen LogP) is 4.02. The number of benzene rings is 2. The average Bonchev–Trinajstić information content (AvgIpc) is 2.69. The number of carbonyl (C=O) groups excluding carboxylic acids is 1. The van der Waals surface area contributed by atoms with E-state index in [-0.39, 0.29) is 17.6 Å². The minimum absolute atomic E-state index is 0.0513. The summed E-state index contributed by atoms with van der Waals surface area (Å²) in [6, 6.07) is 15.0. The van der Waals surface area contributed by atoms with Crippen molar-refractivity contribution in [1.29, 1.82) is 0 Å². The van der Waals surface area contributed by atoms with Crippen LogP contribution in [0.4, 0.5) is 10.1 Å². The van der Waals surface area contributed by atoms with E-state index in [2.05, 4.69) is 23.1 Å². The van der Waals surface area contributed by atoms with Gasteiger partial charge in [-0.3, -0.25) is 9.69 Å². The Hall–Kier alpha value is -2.20. The Labute approximate surface area is 154 Å². The number of nitrogens with zero attached hydrogens (tertiary/aromatic N) is 2. The maximum absolute atomic E-state index is 13.2. The minimum atomic E-state index is -0.204. The summed E-state index contributed by atoms with van der Waals surface area (Å²) < 4.78 is 13.1. The van der Waals surface area contributed by atoms with Crippen molar-refractivity contribution in [1.82, 2.24) is 4.90 Å². The number of hydrogen-bond donors (Lipinski definition) is 0. The van der Waals surface area contributed by atoms with E-state index < -0.39 is 0 Å². The largest absolute Gasteiger partial charge is 0.312 e. The Morgan fingerprint density at radius 3 is 2.69 bits per heavy atom. The SMILES string of the molecule is O=C([C@@H]1CCCN(Cc2ccc(F)cc2)C1)N1CCCc2ccccc21. The first-order valence-electron chi connectivity index (χ1n) is 9.57. The highest BCUT2D eigenvalue weighted by atomic mass is 19.1. The fourth-order valence-corrected chi connectivity index (χ4v) is 4.23. The number of likely N-dealkylation sites (tertiary alicyclic amines) is 1. The van der Waals surface area contributed by atoms with Crippen molar-refractivity contribution in [2.75, 3.05) is 24.5 Å². The van der Waals surface area contributed by atoms with Crippen LogP contribution in [0.5, 0.6) is 0 Å². The van der Waals surface area contributed by atoms with Crippen LogP contribution in [0.3, 0.4) is 0 Å². The lowest BCUT2D eigenvalue weighted by Crippen LogP contribution is -2.46. The second-order valence-corrected chi connectivity index (χ2v) is 7.42. The molecule has 1 atom stereocenters. The Balaban J connectivity index is 1.44. The smallest absolute Gasteiger partial charge is 0.231 e. The number of carbonyl (C=O) groups is 1. The van der Waals surface area contributed by atoms with E-state index in [1.54, 1.807) is 0 Å². The summed E-state index contributed by atoms with van der Waals surface area (Å²) >= 11 is 0. The molecule has 2 aromatic rings. The molecule has 2 aliphatic heterocycles. The van der Waals surface area contributed by atoms with E-state index in [0.29, 0.717) is 0 Å². The van der Waals surface area contributed by atoms with Crippen molar-refractivity contribution >= 4 is 11.6 Å². The third-order valence-electron chi connectivity index (χ3n) is 5.55. The Morgan fingerprint density at radius 1 is 1.04 bits per heavy atom. The van der Waals surface area contributed by atoms with Crippen LogP contribution in [0.25, 0.3) is 0 Å². The molecule has 1 amide bonds. The summed E-state index contributed by atoms with van der Waals surface area (Å²) in [6.45, 7) is 3.39. The topological polar surface area (TPSA) is 23.6 Å². The molecule has 26 heavy (non-hydrogen) atoms. The number of anilines is 1. The number of para-hydroxylation sites is 1. The van der Waals surface area contributed by atoms with Crippen molar-refractivity contribution in [3.8, 4) is 0 Å². The first kappa shape index (κ1) is 17.2. The summed E-state index contributed by atoms with van der Waals surface area (Å²) in [5.41, 5.74) is 3.48. The Kier molecular flexibility index (Phi) is 5.02. The highest BCUT2D eigenvalue weighted by Gasteiger charge is 2.31. The maximum atomic E-state index is 13.2. The van der Waals surface area contributed by atoms with Crippen molar-refractivity contribution in [2.24, 2.45) is 5.92 Å². The molecule has 2 aliphatic rings. The normalized spacial score (nSPS) is 20.7. The van der Waals surface area contributed by atoms with Crippen LogP contribution in [0.15, 0.2) is 48.5 Å². The van der Waals surface area contributed by atoms with Crippen LogP contribution in [-0.2, 0) is 17.8 Å². The van der Waals surface area contributed by atoms with E-state index in [1.807, 2.05) is 23.1 Å². The van der Waals surface area contributed by atoms with Crippen LogP contribution in [0.2, 0.25) is 0 Å². The molecule has 1 fully saturated rings. The van der Waals surface area contributed by atoms with Gasteiger partial charge in [0.2, 0.25) is 5.91 Å². The van der Waals surface area contributed by atoms with E-state index in [1.165, 1.54) is 17.7 Å². The zero-order valence-electron chi connectivity index (χ0n) is 15.0. The van der Waals surface area contributed by atoms with Crippen LogP contribution >= 0.6 is 0 Å². The van der Waals surface area contributed by atoms with Crippen molar-refractivity contribution in [3.63, 3.8) is 0 Å². The number of halogens is 1. The monoisotopic (exact) mass is 352 g/mol. The number of aryl methyl sites for hydroxylation is 1. The molecule has 136 valence electrons. The molecule has 3 nitrogen and oxygen atoms in total. The highest BCUT2D eigenvalue weighted by molar-refractivity contribution is 5.96. The fourth-order valence-electron chi connectivity index (χ4n) is 4.23. The van der Waals surface area contributed by atoms with E-state index in [0.717, 1.165) is 63.1 Å². The van der Waals surface area contributed by atoms with E-state index in [4.69, 9.17) is 0 Å². The third-order valence-corrected chi connectivity index (χ3v) is 5.55. The van der Waals surface area contributed by atoms with E-state index in [9.17, 15) is 9.18 Å². The number of rotatable bonds is 3. The Morgan fingerprint density at radius 2 is 1.85 bits per heavy atom. The predicted molar refractivity (Wildman–Crippen MR) is 102 cm³/mol. The lowest BCUT2D eigenvalue weighted by Gasteiger charge is -2.37. The molecular formula is C22H25FN2O. The van der Waals surface area contributed by atoms with Crippen LogP contribution in [0.1, 0.15) is 30.4 Å². The van der Waals surface area contributed by atoms with Crippen molar-refractivity contribution in [3.05, 3.63) is 65.5 Å². The molecule has 0 radical (unpaired) electrons. The van der Waals surface area contributed by atoms with Crippen LogP contribution < -0.4 is 4.90 Å². The standard InChI is InChI=1S/C22H25FN2O/c23-20-11-9-17(10-12-20)15-24-13-3-7-19(16-24)22(26)25-14-4-6-18-5-1-2-8-21(18)25/h1-2,5,8-12,19H,3-4,6-7,13-16H2/t19-/m1/s1.